The smallest absolute Gasteiger partial charge is 0.236 e. The predicted octanol–water partition coefficient (Wildman–Crippen LogP) is -0.155. The molecule has 0 aliphatic heterocycles. The SMILES string of the molecule is CCN(C)C(=O)CN.Cl. The molecule has 0 aromatic carbocycles. The van der Waals surface area contributed by atoms with Gasteiger partial charge >= 0.3 is 0 Å². The second-order valence-electron chi connectivity index (χ2n) is 1.61. The summed E-state index contributed by atoms with van der Waals surface area (Å²) in [6.07, 6.45) is 0. The minimum atomic E-state index is -0.00694. The molecule has 0 unspecified atom stereocenters. The van der Waals surface area contributed by atoms with E-state index in [4.69, 9.17) is 5.73 Å². The van der Waals surface area contributed by atoms with Crippen LogP contribution in [0.3, 0.4) is 0 Å². The molecule has 0 fully saturated rings. The summed E-state index contributed by atoms with van der Waals surface area (Å²) < 4.78 is 0. The van der Waals surface area contributed by atoms with Crippen molar-refractivity contribution in [3.05, 3.63) is 0 Å². The van der Waals surface area contributed by atoms with E-state index in [2.05, 4.69) is 0 Å². The fourth-order valence-corrected chi connectivity index (χ4v) is 0.332. The minimum Gasteiger partial charge on any atom is -0.345 e. The van der Waals surface area contributed by atoms with Crippen molar-refractivity contribution < 1.29 is 4.79 Å². The molecule has 0 atom stereocenters. The average molecular weight is 153 g/mol. The molecule has 0 spiro atoms. The maximum Gasteiger partial charge on any atom is 0.236 e. The third kappa shape index (κ3) is 4.24. The van der Waals surface area contributed by atoms with Crippen LogP contribution < -0.4 is 5.73 Å². The zero-order valence-electron chi connectivity index (χ0n) is 5.76. The summed E-state index contributed by atoms with van der Waals surface area (Å²) in [6.45, 7) is 2.76. The highest BCUT2D eigenvalue weighted by atomic mass is 35.5. The quantitative estimate of drug-likeness (QED) is 0.598. The number of nitrogens with zero attached hydrogens (tertiary/aromatic N) is 1. The van der Waals surface area contributed by atoms with Gasteiger partial charge in [-0.1, -0.05) is 0 Å². The van der Waals surface area contributed by atoms with Crippen LogP contribution in [-0.2, 0) is 4.79 Å². The second-order valence-corrected chi connectivity index (χ2v) is 1.61. The second kappa shape index (κ2) is 5.85. The lowest BCUT2D eigenvalue weighted by Gasteiger charge is -2.11. The highest BCUT2D eigenvalue weighted by Gasteiger charge is 2.00. The van der Waals surface area contributed by atoms with E-state index in [0.29, 0.717) is 0 Å². The number of hydrogen-bond acceptors (Lipinski definition) is 2. The Bertz CT molecular complexity index is 87.0. The zero-order valence-corrected chi connectivity index (χ0v) is 6.57. The number of amides is 1. The summed E-state index contributed by atoms with van der Waals surface area (Å²) in [4.78, 5) is 12.1. The van der Waals surface area contributed by atoms with E-state index in [1.807, 2.05) is 6.92 Å². The Morgan fingerprint density at radius 2 is 2.11 bits per heavy atom. The van der Waals surface area contributed by atoms with Crippen molar-refractivity contribution in [2.75, 3.05) is 20.1 Å². The van der Waals surface area contributed by atoms with Crippen molar-refractivity contribution in [1.29, 1.82) is 0 Å². The van der Waals surface area contributed by atoms with Gasteiger partial charge in [0.2, 0.25) is 5.91 Å². The van der Waals surface area contributed by atoms with Gasteiger partial charge in [-0.05, 0) is 6.92 Å². The molecule has 0 aliphatic carbocycles. The van der Waals surface area contributed by atoms with Gasteiger partial charge in [0.25, 0.3) is 0 Å². The summed E-state index contributed by atoms with van der Waals surface area (Å²) in [5.41, 5.74) is 5.06. The van der Waals surface area contributed by atoms with Crippen LogP contribution in [0.25, 0.3) is 0 Å². The Hall–Kier alpha value is -0.280. The van der Waals surface area contributed by atoms with Crippen LogP contribution in [0.4, 0.5) is 0 Å². The van der Waals surface area contributed by atoms with Crippen molar-refractivity contribution in [3.8, 4) is 0 Å². The monoisotopic (exact) mass is 152 g/mol. The van der Waals surface area contributed by atoms with Crippen LogP contribution in [-0.4, -0.2) is 30.9 Å². The van der Waals surface area contributed by atoms with Crippen molar-refractivity contribution in [2.24, 2.45) is 5.73 Å². The molecule has 0 saturated heterocycles. The lowest BCUT2D eigenvalue weighted by molar-refractivity contribution is -0.128. The number of nitrogens with two attached hydrogens (primary N) is 1. The molecule has 3 nitrogen and oxygen atoms in total. The van der Waals surface area contributed by atoms with E-state index in [-0.39, 0.29) is 24.9 Å². The zero-order chi connectivity index (χ0) is 6.57. The standard InChI is InChI=1S/C5H12N2O.ClH/c1-3-7(2)5(8)4-6;/h3-4,6H2,1-2H3;1H. The molecule has 9 heavy (non-hydrogen) atoms. The number of halogens is 1. The summed E-state index contributed by atoms with van der Waals surface area (Å²) >= 11 is 0. The Balaban J connectivity index is 0. The fraction of sp³-hybridized carbons (Fsp3) is 0.800. The number of rotatable bonds is 2. The summed E-state index contributed by atoms with van der Waals surface area (Å²) in [7, 11) is 1.73. The van der Waals surface area contributed by atoms with Gasteiger partial charge < -0.3 is 10.6 Å². The third-order valence-electron chi connectivity index (χ3n) is 1.07. The highest BCUT2D eigenvalue weighted by molar-refractivity contribution is 5.85. The third-order valence-corrected chi connectivity index (χ3v) is 1.07. The van der Waals surface area contributed by atoms with Crippen LogP contribution in [0.5, 0.6) is 0 Å². The number of carbonyl (C=O) groups excluding carboxylic acids is 1. The van der Waals surface area contributed by atoms with Gasteiger partial charge in [0.05, 0.1) is 6.54 Å². The Labute approximate surface area is 61.6 Å². The molecule has 0 radical (unpaired) electrons. The van der Waals surface area contributed by atoms with Gasteiger partial charge in [-0.25, -0.2) is 0 Å². The number of carbonyl (C=O) groups is 1. The molecular formula is C5H13ClN2O. The lowest BCUT2D eigenvalue weighted by atomic mass is 10.5. The minimum absolute atomic E-state index is 0. The first-order valence-corrected chi connectivity index (χ1v) is 2.66. The topological polar surface area (TPSA) is 46.3 Å². The lowest BCUT2D eigenvalue weighted by Crippen LogP contribution is -2.32. The summed E-state index contributed by atoms with van der Waals surface area (Å²) in [5.74, 6) is -0.00694. The van der Waals surface area contributed by atoms with Gasteiger partial charge in [0, 0.05) is 13.6 Å². The van der Waals surface area contributed by atoms with E-state index < -0.39 is 0 Å². The molecule has 0 aromatic heterocycles. The summed E-state index contributed by atoms with van der Waals surface area (Å²) in [5, 5.41) is 0. The molecule has 0 aromatic rings. The van der Waals surface area contributed by atoms with Crippen LogP contribution in [0, 0.1) is 0 Å². The van der Waals surface area contributed by atoms with E-state index >= 15 is 0 Å². The fourth-order valence-electron chi connectivity index (χ4n) is 0.332. The highest BCUT2D eigenvalue weighted by Crippen LogP contribution is 1.78. The van der Waals surface area contributed by atoms with E-state index in [9.17, 15) is 4.79 Å². The van der Waals surface area contributed by atoms with Gasteiger partial charge in [-0.2, -0.15) is 0 Å². The first kappa shape index (κ1) is 11.5. The van der Waals surface area contributed by atoms with Crippen molar-refractivity contribution in [2.45, 2.75) is 6.92 Å². The molecule has 0 aliphatic rings. The summed E-state index contributed by atoms with van der Waals surface area (Å²) in [6, 6.07) is 0. The Morgan fingerprint density at radius 1 is 1.67 bits per heavy atom. The molecule has 2 N–H and O–H groups in total. The first-order chi connectivity index (χ1) is 3.72. The number of hydrogen-bond donors (Lipinski definition) is 1. The molecule has 0 bridgehead atoms. The molecular weight excluding hydrogens is 140 g/mol. The van der Waals surface area contributed by atoms with Crippen LogP contribution in [0.1, 0.15) is 6.92 Å². The van der Waals surface area contributed by atoms with E-state index in [0.717, 1.165) is 6.54 Å². The van der Waals surface area contributed by atoms with Gasteiger partial charge in [0.15, 0.2) is 0 Å². The molecule has 0 heterocycles. The molecule has 1 amide bonds. The van der Waals surface area contributed by atoms with Crippen molar-refractivity contribution in [1.82, 2.24) is 4.90 Å². The maximum atomic E-state index is 10.5. The molecule has 56 valence electrons. The normalized spacial score (nSPS) is 7.89. The molecule has 0 saturated carbocycles. The average Bonchev–Trinajstić information content (AvgIpc) is 1.84. The largest absolute Gasteiger partial charge is 0.345 e. The van der Waals surface area contributed by atoms with Gasteiger partial charge in [0.1, 0.15) is 0 Å². The van der Waals surface area contributed by atoms with Crippen molar-refractivity contribution >= 4 is 18.3 Å². The molecule has 0 rings (SSSR count). The van der Waals surface area contributed by atoms with Gasteiger partial charge in [-0.3, -0.25) is 4.79 Å². The van der Waals surface area contributed by atoms with E-state index in [1.165, 1.54) is 0 Å². The van der Waals surface area contributed by atoms with Crippen LogP contribution >= 0.6 is 12.4 Å². The Morgan fingerprint density at radius 3 is 2.22 bits per heavy atom. The molecule has 4 heteroatoms. The van der Waals surface area contributed by atoms with Crippen molar-refractivity contribution in [3.63, 3.8) is 0 Å². The van der Waals surface area contributed by atoms with Crippen LogP contribution in [0.15, 0.2) is 0 Å². The predicted molar refractivity (Wildman–Crippen MR) is 39.6 cm³/mol. The first-order valence-electron chi connectivity index (χ1n) is 2.66. The maximum absolute atomic E-state index is 10.5. The Kier molecular flexibility index (Phi) is 7.48. The van der Waals surface area contributed by atoms with E-state index in [1.54, 1.807) is 11.9 Å². The van der Waals surface area contributed by atoms with Crippen LogP contribution in [0.2, 0.25) is 0 Å². The van der Waals surface area contributed by atoms with Gasteiger partial charge in [-0.15, -0.1) is 12.4 Å². The number of likely N-dealkylation sites (N-methyl/N-ethyl adjacent to an activating group) is 1.